The summed E-state index contributed by atoms with van der Waals surface area (Å²) in [6, 6.07) is 7.26. The van der Waals surface area contributed by atoms with Gasteiger partial charge in [-0.25, -0.2) is 0 Å². The van der Waals surface area contributed by atoms with E-state index in [-0.39, 0.29) is 5.91 Å². The van der Waals surface area contributed by atoms with Crippen molar-refractivity contribution in [1.29, 1.82) is 0 Å². The van der Waals surface area contributed by atoms with Crippen LogP contribution in [0.1, 0.15) is 10.4 Å². The topological polar surface area (TPSA) is 74.0 Å². The summed E-state index contributed by atoms with van der Waals surface area (Å²) >= 11 is 3.50. The van der Waals surface area contributed by atoms with Crippen molar-refractivity contribution in [2.45, 2.75) is 0 Å². The molecule has 132 valence electrons. The van der Waals surface area contributed by atoms with Gasteiger partial charge in [0.15, 0.2) is 0 Å². The van der Waals surface area contributed by atoms with E-state index in [9.17, 15) is 4.79 Å². The van der Waals surface area contributed by atoms with E-state index in [1.54, 1.807) is 22.5 Å². The van der Waals surface area contributed by atoms with Gasteiger partial charge in [-0.05, 0) is 18.2 Å². The Labute approximate surface area is 157 Å². The van der Waals surface area contributed by atoms with Crippen molar-refractivity contribution in [2.75, 3.05) is 12.4 Å². The number of anilines is 1. The van der Waals surface area contributed by atoms with Gasteiger partial charge in [0.1, 0.15) is 11.3 Å². The Morgan fingerprint density at radius 1 is 1.15 bits per heavy atom. The van der Waals surface area contributed by atoms with Crippen molar-refractivity contribution in [3.8, 4) is 5.75 Å². The number of carbonyl (C=O) groups is 1. The third-order valence-electron chi connectivity index (χ3n) is 4.17. The first-order valence-electron chi connectivity index (χ1n) is 7.91. The standard InChI is InChI=1S/C18H16BrN5O2/c1-23-8-10-6-15(16(26-3)7-14(10)21-23)20-18(25)11-4-5-13(19)12-9-24(2)22-17(11)12/h4-9H,1-3H3,(H,20,25). The van der Waals surface area contributed by atoms with Gasteiger partial charge in [0.05, 0.1) is 23.9 Å². The number of aryl methyl sites for hydroxylation is 2. The number of nitrogens with zero attached hydrogens (tertiary/aromatic N) is 4. The lowest BCUT2D eigenvalue weighted by Gasteiger charge is -2.11. The van der Waals surface area contributed by atoms with Crippen molar-refractivity contribution < 1.29 is 9.53 Å². The van der Waals surface area contributed by atoms with Crippen LogP contribution in [0.15, 0.2) is 41.1 Å². The van der Waals surface area contributed by atoms with Gasteiger partial charge in [-0.1, -0.05) is 15.9 Å². The zero-order chi connectivity index (χ0) is 18.4. The summed E-state index contributed by atoms with van der Waals surface area (Å²) in [6.45, 7) is 0. The largest absolute Gasteiger partial charge is 0.494 e. The van der Waals surface area contributed by atoms with Crippen LogP contribution in [-0.4, -0.2) is 32.6 Å². The first-order chi connectivity index (χ1) is 12.5. The number of ether oxygens (including phenoxy) is 1. The molecule has 0 spiro atoms. The van der Waals surface area contributed by atoms with Crippen molar-refractivity contribution in [3.05, 3.63) is 46.7 Å². The van der Waals surface area contributed by atoms with Gasteiger partial charge in [0.2, 0.25) is 0 Å². The Bertz CT molecular complexity index is 1160. The highest BCUT2D eigenvalue weighted by atomic mass is 79.9. The van der Waals surface area contributed by atoms with E-state index in [4.69, 9.17) is 4.74 Å². The second-order valence-electron chi connectivity index (χ2n) is 6.03. The molecule has 8 heteroatoms. The SMILES string of the molecule is COc1cc2nn(C)cc2cc1NC(=O)c1ccc(Br)c2cn(C)nc12. The van der Waals surface area contributed by atoms with Crippen LogP contribution >= 0.6 is 15.9 Å². The summed E-state index contributed by atoms with van der Waals surface area (Å²) in [7, 11) is 5.24. The number of rotatable bonds is 3. The van der Waals surface area contributed by atoms with Crippen molar-refractivity contribution in [1.82, 2.24) is 19.6 Å². The molecule has 0 fully saturated rings. The number of amides is 1. The molecule has 7 nitrogen and oxygen atoms in total. The highest BCUT2D eigenvalue weighted by molar-refractivity contribution is 9.10. The molecule has 1 N–H and O–H groups in total. The van der Waals surface area contributed by atoms with Gasteiger partial charge < -0.3 is 10.1 Å². The second-order valence-corrected chi connectivity index (χ2v) is 6.88. The van der Waals surface area contributed by atoms with Crippen LogP contribution in [0, 0.1) is 0 Å². The average Bonchev–Trinajstić information content (AvgIpc) is 3.15. The first-order valence-corrected chi connectivity index (χ1v) is 8.70. The molecule has 0 aliphatic carbocycles. The Hall–Kier alpha value is -2.87. The van der Waals surface area contributed by atoms with Crippen LogP contribution in [-0.2, 0) is 14.1 Å². The highest BCUT2D eigenvalue weighted by Gasteiger charge is 2.17. The fourth-order valence-corrected chi connectivity index (χ4v) is 3.43. The molecule has 0 aliphatic rings. The van der Waals surface area contributed by atoms with Crippen molar-refractivity contribution >= 4 is 49.3 Å². The van der Waals surface area contributed by atoms with E-state index >= 15 is 0 Å². The van der Waals surface area contributed by atoms with Crippen LogP contribution in [0.4, 0.5) is 5.69 Å². The third-order valence-corrected chi connectivity index (χ3v) is 4.86. The number of halogens is 1. The normalized spacial score (nSPS) is 11.2. The summed E-state index contributed by atoms with van der Waals surface area (Å²) in [5.74, 6) is 0.307. The molecule has 2 heterocycles. The molecule has 0 atom stereocenters. The summed E-state index contributed by atoms with van der Waals surface area (Å²) in [5.41, 5.74) is 2.53. The van der Waals surface area contributed by atoms with E-state index in [0.29, 0.717) is 22.5 Å². The molecular formula is C18H16BrN5O2. The van der Waals surface area contributed by atoms with E-state index in [1.807, 2.05) is 44.7 Å². The molecule has 1 amide bonds. The molecule has 4 aromatic rings. The third kappa shape index (κ3) is 2.72. The molecule has 0 unspecified atom stereocenters. The summed E-state index contributed by atoms with van der Waals surface area (Å²) in [6.07, 6.45) is 3.76. The molecule has 0 radical (unpaired) electrons. The van der Waals surface area contributed by atoms with Crippen molar-refractivity contribution in [3.63, 3.8) is 0 Å². The predicted molar refractivity (Wildman–Crippen MR) is 104 cm³/mol. The number of methoxy groups -OCH3 is 1. The van der Waals surface area contributed by atoms with Crippen LogP contribution in [0.3, 0.4) is 0 Å². The molecule has 0 bridgehead atoms. The maximum atomic E-state index is 12.9. The highest BCUT2D eigenvalue weighted by Crippen LogP contribution is 2.31. The maximum Gasteiger partial charge on any atom is 0.258 e. The fourth-order valence-electron chi connectivity index (χ4n) is 3.00. The molecule has 4 rings (SSSR count). The zero-order valence-corrected chi connectivity index (χ0v) is 16.0. The molecular weight excluding hydrogens is 398 g/mol. The van der Waals surface area contributed by atoms with Crippen molar-refractivity contribution in [2.24, 2.45) is 14.1 Å². The van der Waals surface area contributed by atoms with Gasteiger partial charge in [0.25, 0.3) is 5.91 Å². The Morgan fingerprint density at radius 2 is 1.92 bits per heavy atom. The zero-order valence-electron chi connectivity index (χ0n) is 14.4. The monoisotopic (exact) mass is 413 g/mol. The minimum Gasteiger partial charge on any atom is -0.494 e. The van der Waals surface area contributed by atoms with E-state index in [0.717, 1.165) is 20.8 Å². The Balaban J connectivity index is 1.77. The summed E-state index contributed by atoms with van der Waals surface area (Å²) in [5, 5.41) is 13.5. The molecule has 0 saturated carbocycles. The summed E-state index contributed by atoms with van der Waals surface area (Å²) in [4.78, 5) is 12.9. The minimum absolute atomic E-state index is 0.247. The van der Waals surface area contributed by atoms with Crippen LogP contribution in [0.2, 0.25) is 0 Å². The first kappa shape index (κ1) is 16.6. The lowest BCUT2D eigenvalue weighted by Crippen LogP contribution is -2.13. The van der Waals surface area contributed by atoms with Gasteiger partial charge >= 0.3 is 0 Å². The number of hydrogen-bond donors (Lipinski definition) is 1. The van der Waals surface area contributed by atoms with Gasteiger partial charge in [-0.3, -0.25) is 14.2 Å². The number of carbonyl (C=O) groups excluding carboxylic acids is 1. The molecule has 0 saturated heterocycles. The van der Waals surface area contributed by atoms with Gasteiger partial charge in [-0.2, -0.15) is 10.2 Å². The molecule has 26 heavy (non-hydrogen) atoms. The average molecular weight is 414 g/mol. The van der Waals surface area contributed by atoms with E-state index in [1.165, 1.54) is 0 Å². The molecule has 2 aromatic carbocycles. The lowest BCUT2D eigenvalue weighted by atomic mass is 10.1. The minimum atomic E-state index is -0.247. The number of fused-ring (bicyclic) bond motifs is 2. The smallest absolute Gasteiger partial charge is 0.258 e. The maximum absolute atomic E-state index is 12.9. The van der Waals surface area contributed by atoms with Crippen LogP contribution in [0.5, 0.6) is 5.75 Å². The number of nitrogens with one attached hydrogen (secondary N) is 1. The molecule has 0 aliphatic heterocycles. The number of aromatic nitrogens is 4. The van der Waals surface area contributed by atoms with E-state index < -0.39 is 0 Å². The fraction of sp³-hybridized carbons (Fsp3) is 0.167. The lowest BCUT2D eigenvalue weighted by molar-refractivity contribution is 0.102. The van der Waals surface area contributed by atoms with Gasteiger partial charge in [-0.15, -0.1) is 0 Å². The number of benzene rings is 2. The Kier molecular flexibility index (Phi) is 3.91. The molecule has 2 aromatic heterocycles. The van der Waals surface area contributed by atoms with Crippen LogP contribution in [0.25, 0.3) is 21.8 Å². The number of hydrogen-bond acceptors (Lipinski definition) is 4. The quantitative estimate of drug-likeness (QED) is 0.557. The van der Waals surface area contributed by atoms with E-state index in [2.05, 4.69) is 31.4 Å². The Morgan fingerprint density at radius 3 is 2.69 bits per heavy atom. The van der Waals surface area contributed by atoms with Gasteiger partial charge in [0, 0.05) is 47.8 Å². The predicted octanol–water partition coefficient (Wildman–Crippen LogP) is 3.48. The summed E-state index contributed by atoms with van der Waals surface area (Å²) < 4.78 is 9.73. The second kappa shape index (κ2) is 6.14. The van der Waals surface area contributed by atoms with Crippen LogP contribution < -0.4 is 10.1 Å².